The molecule has 1 fully saturated rings. The predicted octanol–water partition coefficient (Wildman–Crippen LogP) is 0.525. The number of rotatable bonds is 3. The van der Waals surface area contributed by atoms with Gasteiger partial charge < -0.3 is 15.4 Å². The maximum Gasteiger partial charge on any atom is 0.320 e. The molecule has 2 aromatic rings. The van der Waals surface area contributed by atoms with E-state index in [2.05, 4.69) is 0 Å². The first kappa shape index (κ1) is 14.7. The van der Waals surface area contributed by atoms with Crippen molar-refractivity contribution in [3.63, 3.8) is 0 Å². The van der Waals surface area contributed by atoms with Gasteiger partial charge in [-0.15, -0.1) is 0 Å². The molecule has 1 aromatic carbocycles. The summed E-state index contributed by atoms with van der Waals surface area (Å²) in [4.78, 5) is 25.6. The second kappa shape index (κ2) is 5.55. The first-order chi connectivity index (χ1) is 10.5. The van der Waals surface area contributed by atoms with Gasteiger partial charge in [-0.3, -0.25) is 14.5 Å². The molecule has 6 nitrogen and oxygen atoms in total. The Morgan fingerprint density at radius 3 is 2.86 bits per heavy atom. The van der Waals surface area contributed by atoms with Crippen molar-refractivity contribution < 1.29 is 9.90 Å². The van der Waals surface area contributed by atoms with Gasteiger partial charge in [0.2, 0.25) is 0 Å². The lowest BCUT2D eigenvalue weighted by molar-refractivity contribution is -0.142. The van der Waals surface area contributed by atoms with Crippen molar-refractivity contribution in [2.75, 3.05) is 6.54 Å². The van der Waals surface area contributed by atoms with Gasteiger partial charge in [-0.2, -0.15) is 0 Å². The number of likely N-dealkylation sites (tertiary alicyclic amines) is 1. The molecule has 22 heavy (non-hydrogen) atoms. The molecule has 1 aromatic heterocycles. The molecular weight excluding hydrogens is 282 g/mol. The minimum Gasteiger partial charge on any atom is -0.480 e. The molecule has 1 aliphatic heterocycles. The molecule has 0 bridgehead atoms. The van der Waals surface area contributed by atoms with E-state index in [0.29, 0.717) is 25.1 Å². The molecule has 0 saturated carbocycles. The molecule has 3 rings (SSSR count). The van der Waals surface area contributed by atoms with Crippen LogP contribution in [0.5, 0.6) is 0 Å². The monoisotopic (exact) mass is 301 g/mol. The van der Waals surface area contributed by atoms with Gasteiger partial charge in [0, 0.05) is 31.7 Å². The lowest BCUT2D eigenvalue weighted by Crippen LogP contribution is -2.37. The number of aliphatic carboxylic acids is 1. The topological polar surface area (TPSA) is 88.6 Å². The summed E-state index contributed by atoms with van der Waals surface area (Å²) in [5, 5.41) is 10.3. The number of carboxylic acid groups (broad SMARTS) is 1. The average Bonchev–Trinajstić information content (AvgIpc) is 2.85. The standard InChI is InChI=1S/C16H19N3O3/c1-18-13-5-3-2-4-10(13)6-11(15(18)20)8-19-9-12(17)7-14(19)16(21)22/h2-6,12,14H,7-9,17H2,1H3,(H,21,22)/t12-,14-/m0/s1. The number of benzene rings is 1. The Bertz CT molecular complexity index is 784. The molecule has 0 radical (unpaired) electrons. The molecule has 0 spiro atoms. The first-order valence-corrected chi connectivity index (χ1v) is 7.27. The zero-order valence-electron chi connectivity index (χ0n) is 12.4. The molecule has 0 amide bonds. The fourth-order valence-electron chi connectivity index (χ4n) is 3.19. The summed E-state index contributed by atoms with van der Waals surface area (Å²) in [6.07, 6.45) is 0.420. The normalized spacial score (nSPS) is 22.3. The summed E-state index contributed by atoms with van der Waals surface area (Å²) >= 11 is 0. The highest BCUT2D eigenvalue weighted by molar-refractivity contribution is 5.79. The van der Waals surface area contributed by atoms with Gasteiger partial charge in [0.1, 0.15) is 6.04 Å². The third-order valence-corrected chi connectivity index (χ3v) is 4.30. The maximum atomic E-state index is 12.5. The van der Waals surface area contributed by atoms with E-state index in [1.54, 1.807) is 16.5 Å². The Morgan fingerprint density at radius 1 is 1.41 bits per heavy atom. The van der Waals surface area contributed by atoms with Crippen molar-refractivity contribution in [2.45, 2.75) is 25.0 Å². The molecule has 116 valence electrons. The summed E-state index contributed by atoms with van der Waals surface area (Å²) in [6, 6.07) is 8.72. The highest BCUT2D eigenvalue weighted by Gasteiger charge is 2.35. The van der Waals surface area contributed by atoms with Crippen LogP contribution < -0.4 is 11.3 Å². The Hall–Kier alpha value is -2.18. The molecule has 6 heteroatoms. The van der Waals surface area contributed by atoms with Crippen LogP contribution >= 0.6 is 0 Å². The van der Waals surface area contributed by atoms with Crippen LogP contribution in [0.1, 0.15) is 12.0 Å². The van der Waals surface area contributed by atoms with Crippen molar-refractivity contribution in [1.82, 2.24) is 9.47 Å². The Labute approximate surface area is 127 Å². The fourth-order valence-corrected chi connectivity index (χ4v) is 3.19. The Morgan fingerprint density at radius 2 is 2.14 bits per heavy atom. The average molecular weight is 301 g/mol. The van der Waals surface area contributed by atoms with Gasteiger partial charge >= 0.3 is 5.97 Å². The van der Waals surface area contributed by atoms with E-state index in [1.165, 1.54) is 0 Å². The van der Waals surface area contributed by atoms with E-state index in [4.69, 9.17) is 5.73 Å². The smallest absolute Gasteiger partial charge is 0.320 e. The van der Waals surface area contributed by atoms with E-state index < -0.39 is 12.0 Å². The summed E-state index contributed by atoms with van der Waals surface area (Å²) < 4.78 is 1.61. The second-order valence-corrected chi connectivity index (χ2v) is 5.87. The van der Waals surface area contributed by atoms with Crippen LogP contribution in [-0.2, 0) is 18.4 Å². The lowest BCUT2D eigenvalue weighted by Gasteiger charge is -2.21. The van der Waals surface area contributed by atoms with E-state index in [1.807, 2.05) is 30.3 Å². The molecule has 1 aliphatic rings. The largest absolute Gasteiger partial charge is 0.480 e. The van der Waals surface area contributed by atoms with Crippen molar-refractivity contribution in [1.29, 1.82) is 0 Å². The number of nitrogens with two attached hydrogens (primary N) is 1. The van der Waals surface area contributed by atoms with E-state index >= 15 is 0 Å². The van der Waals surface area contributed by atoms with Crippen LogP contribution in [0, 0.1) is 0 Å². The van der Waals surface area contributed by atoms with Gasteiger partial charge in [0.05, 0.1) is 5.52 Å². The number of aromatic nitrogens is 1. The summed E-state index contributed by atoms with van der Waals surface area (Å²) in [5.74, 6) is -0.884. The quantitative estimate of drug-likeness (QED) is 0.863. The molecular formula is C16H19N3O3. The number of fused-ring (bicyclic) bond motifs is 1. The Balaban J connectivity index is 1.99. The van der Waals surface area contributed by atoms with Crippen LogP contribution in [0.25, 0.3) is 10.9 Å². The highest BCUT2D eigenvalue weighted by Crippen LogP contribution is 2.20. The fraction of sp³-hybridized carbons (Fsp3) is 0.375. The van der Waals surface area contributed by atoms with Crippen molar-refractivity contribution in [3.05, 3.63) is 46.2 Å². The first-order valence-electron chi connectivity index (χ1n) is 7.27. The highest BCUT2D eigenvalue weighted by atomic mass is 16.4. The van der Waals surface area contributed by atoms with E-state index in [0.717, 1.165) is 10.9 Å². The van der Waals surface area contributed by atoms with Crippen molar-refractivity contribution in [3.8, 4) is 0 Å². The van der Waals surface area contributed by atoms with Crippen molar-refractivity contribution in [2.24, 2.45) is 12.8 Å². The van der Waals surface area contributed by atoms with Gasteiger partial charge in [0.25, 0.3) is 5.56 Å². The molecule has 0 aliphatic carbocycles. The van der Waals surface area contributed by atoms with Gasteiger partial charge in [-0.25, -0.2) is 0 Å². The molecule has 1 saturated heterocycles. The number of pyridine rings is 1. The number of aryl methyl sites for hydroxylation is 1. The summed E-state index contributed by atoms with van der Waals surface area (Å²) in [7, 11) is 1.73. The number of carboxylic acids is 1. The maximum absolute atomic E-state index is 12.5. The zero-order chi connectivity index (χ0) is 15.9. The van der Waals surface area contributed by atoms with Crippen molar-refractivity contribution >= 4 is 16.9 Å². The summed E-state index contributed by atoms with van der Waals surface area (Å²) in [5.41, 5.74) is 7.25. The van der Waals surface area contributed by atoms with Gasteiger partial charge in [-0.1, -0.05) is 18.2 Å². The molecule has 0 unspecified atom stereocenters. The molecule has 2 atom stereocenters. The number of carbonyl (C=O) groups is 1. The van der Waals surface area contributed by atoms with E-state index in [9.17, 15) is 14.7 Å². The number of nitrogens with zero attached hydrogens (tertiary/aromatic N) is 2. The van der Waals surface area contributed by atoms with Crippen LogP contribution in [0.3, 0.4) is 0 Å². The number of hydrogen-bond acceptors (Lipinski definition) is 4. The molecule has 3 N–H and O–H groups in total. The molecule has 2 heterocycles. The Kier molecular flexibility index (Phi) is 3.72. The minimum absolute atomic E-state index is 0.0942. The van der Waals surface area contributed by atoms with Crippen LogP contribution in [0.15, 0.2) is 35.1 Å². The number of hydrogen-bond donors (Lipinski definition) is 2. The summed E-state index contributed by atoms with van der Waals surface area (Å²) in [6.45, 7) is 0.801. The third-order valence-electron chi connectivity index (χ3n) is 4.30. The van der Waals surface area contributed by atoms with Crippen LogP contribution in [-0.4, -0.2) is 39.2 Å². The number of para-hydroxylation sites is 1. The van der Waals surface area contributed by atoms with E-state index in [-0.39, 0.29) is 11.6 Å². The van der Waals surface area contributed by atoms with Gasteiger partial charge in [-0.05, 0) is 23.9 Å². The lowest BCUT2D eigenvalue weighted by atomic mass is 10.1. The van der Waals surface area contributed by atoms with Crippen LogP contribution in [0.4, 0.5) is 0 Å². The third kappa shape index (κ3) is 2.51. The predicted molar refractivity (Wildman–Crippen MR) is 83.6 cm³/mol. The zero-order valence-corrected chi connectivity index (χ0v) is 12.4. The van der Waals surface area contributed by atoms with Gasteiger partial charge in [0.15, 0.2) is 0 Å². The second-order valence-electron chi connectivity index (χ2n) is 5.87. The SMILES string of the molecule is Cn1c(=O)c(CN2C[C@@H](N)C[C@H]2C(=O)O)cc2ccccc21. The minimum atomic E-state index is -0.884. The van der Waals surface area contributed by atoms with Crippen LogP contribution in [0.2, 0.25) is 0 Å².